The molecule has 0 N–H and O–H groups in total. The molecular weight excluding hydrogens is 232 g/mol. The third-order valence-corrected chi connectivity index (χ3v) is 4.86. The van der Waals surface area contributed by atoms with E-state index >= 15 is 0 Å². The van der Waals surface area contributed by atoms with Crippen molar-refractivity contribution in [3.8, 4) is 0 Å². The molecule has 1 aliphatic rings. The van der Waals surface area contributed by atoms with Crippen molar-refractivity contribution >= 4 is 16.6 Å². The van der Waals surface area contributed by atoms with Gasteiger partial charge in [0.2, 0.25) is 0 Å². The second kappa shape index (κ2) is 5.13. The molecule has 2 rings (SSSR count). The number of hydrogen-bond acceptors (Lipinski definition) is 2. The average Bonchev–Trinajstić information content (AvgIpc) is 2.73. The van der Waals surface area contributed by atoms with Gasteiger partial charge in [-0.05, 0) is 49.4 Å². The van der Waals surface area contributed by atoms with E-state index in [1.165, 1.54) is 17.5 Å². The second-order valence-electron chi connectivity index (χ2n) is 4.80. The summed E-state index contributed by atoms with van der Waals surface area (Å²) in [5, 5.41) is -0.0908. The topological polar surface area (TPSA) is 34.1 Å². The van der Waals surface area contributed by atoms with Crippen LogP contribution in [0.15, 0.2) is 23.1 Å². The molecule has 0 fully saturated rings. The van der Waals surface area contributed by atoms with E-state index in [9.17, 15) is 9.00 Å². The number of carbonyl (C=O) groups is 1. The highest BCUT2D eigenvalue weighted by atomic mass is 32.2. The third kappa shape index (κ3) is 2.83. The molecule has 3 heteroatoms. The molecule has 2 unspecified atom stereocenters. The van der Waals surface area contributed by atoms with Gasteiger partial charge in [-0.1, -0.05) is 13.0 Å². The van der Waals surface area contributed by atoms with E-state index in [1.54, 1.807) is 6.92 Å². The molecule has 1 aromatic carbocycles. The fraction of sp³-hybridized carbons (Fsp3) is 0.500. The largest absolute Gasteiger partial charge is 0.300 e. The molecular formula is C14H18O2S. The van der Waals surface area contributed by atoms with Crippen LogP contribution in [0.25, 0.3) is 0 Å². The van der Waals surface area contributed by atoms with Crippen molar-refractivity contribution in [2.45, 2.75) is 49.7 Å². The molecule has 0 radical (unpaired) electrons. The van der Waals surface area contributed by atoms with E-state index in [4.69, 9.17) is 0 Å². The Labute approximate surface area is 105 Å². The number of benzene rings is 1. The molecule has 2 atom stereocenters. The third-order valence-electron chi connectivity index (χ3n) is 3.24. The Balaban J connectivity index is 2.17. The minimum atomic E-state index is -1.06. The van der Waals surface area contributed by atoms with E-state index in [1.807, 2.05) is 13.0 Å². The fourth-order valence-electron chi connectivity index (χ4n) is 2.39. The van der Waals surface area contributed by atoms with Crippen LogP contribution in [0.5, 0.6) is 0 Å². The van der Waals surface area contributed by atoms with Crippen molar-refractivity contribution in [1.82, 2.24) is 0 Å². The SMILES string of the molecule is CC(=O)CC(C)S(=O)c1ccc2c(c1)CCC2. The molecule has 1 aliphatic carbocycles. The van der Waals surface area contributed by atoms with Crippen molar-refractivity contribution in [2.24, 2.45) is 0 Å². The van der Waals surface area contributed by atoms with Gasteiger partial charge >= 0.3 is 0 Å². The number of rotatable bonds is 4. The zero-order valence-electron chi connectivity index (χ0n) is 10.4. The van der Waals surface area contributed by atoms with Crippen molar-refractivity contribution in [1.29, 1.82) is 0 Å². The van der Waals surface area contributed by atoms with Gasteiger partial charge in [-0.15, -0.1) is 0 Å². The lowest BCUT2D eigenvalue weighted by Gasteiger charge is -2.10. The Morgan fingerprint density at radius 1 is 1.35 bits per heavy atom. The van der Waals surface area contributed by atoms with Crippen molar-refractivity contribution in [3.05, 3.63) is 29.3 Å². The number of Topliss-reactive ketones (excluding diaryl/α,β-unsaturated/α-hetero) is 1. The van der Waals surface area contributed by atoms with E-state index in [0.29, 0.717) is 6.42 Å². The highest BCUT2D eigenvalue weighted by Crippen LogP contribution is 2.25. The van der Waals surface area contributed by atoms with E-state index in [2.05, 4.69) is 12.1 Å². The molecule has 0 spiro atoms. The Kier molecular flexibility index (Phi) is 3.77. The summed E-state index contributed by atoms with van der Waals surface area (Å²) >= 11 is 0. The van der Waals surface area contributed by atoms with Crippen molar-refractivity contribution in [3.63, 3.8) is 0 Å². The van der Waals surface area contributed by atoms with Gasteiger partial charge in [0.1, 0.15) is 5.78 Å². The summed E-state index contributed by atoms with van der Waals surface area (Å²) in [4.78, 5) is 11.9. The molecule has 0 aromatic heterocycles. The predicted octanol–water partition coefficient (Wildman–Crippen LogP) is 2.65. The standard InChI is InChI=1S/C14H18O2S/c1-10(15)8-11(2)17(16)14-7-6-12-4-3-5-13(12)9-14/h6-7,9,11H,3-5,8H2,1-2H3. The van der Waals surface area contributed by atoms with Crippen LogP contribution in [0, 0.1) is 0 Å². The molecule has 0 amide bonds. The zero-order valence-corrected chi connectivity index (χ0v) is 11.2. The van der Waals surface area contributed by atoms with Crippen molar-refractivity contribution < 1.29 is 9.00 Å². The monoisotopic (exact) mass is 250 g/mol. The maximum Gasteiger partial charge on any atom is 0.131 e. The second-order valence-corrected chi connectivity index (χ2v) is 6.67. The lowest BCUT2D eigenvalue weighted by molar-refractivity contribution is -0.116. The highest BCUT2D eigenvalue weighted by molar-refractivity contribution is 7.85. The first-order valence-corrected chi connectivity index (χ1v) is 7.31. The lowest BCUT2D eigenvalue weighted by Crippen LogP contribution is -2.14. The number of aryl methyl sites for hydroxylation is 2. The van der Waals surface area contributed by atoms with Gasteiger partial charge in [-0.25, -0.2) is 0 Å². The average molecular weight is 250 g/mol. The van der Waals surface area contributed by atoms with Gasteiger partial charge in [0.15, 0.2) is 0 Å². The molecule has 0 heterocycles. The fourth-order valence-corrected chi connectivity index (χ4v) is 3.70. The summed E-state index contributed by atoms with van der Waals surface area (Å²) in [6, 6.07) is 6.11. The maximum atomic E-state index is 12.2. The minimum Gasteiger partial charge on any atom is -0.300 e. The van der Waals surface area contributed by atoms with Crippen LogP contribution in [0.1, 0.15) is 37.8 Å². The number of hydrogen-bond donors (Lipinski definition) is 0. The molecule has 0 bridgehead atoms. The van der Waals surface area contributed by atoms with Gasteiger partial charge in [0, 0.05) is 16.6 Å². The van der Waals surface area contributed by atoms with Crippen LogP contribution >= 0.6 is 0 Å². The van der Waals surface area contributed by atoms with Crippen LogP contribution < -0.4 is 0 Å². The summed E-state index contributed by atoms with van der Waals surface area (Å²) in [5.74, 6) is 0.104. The maximum absolute atomic E-state index is 12.2. The Morgan fingerprint density at radius 2 is 2.06 bits per heavy atom. The van der Waals surface area contributed by atoms with Gasteiger partial charge in [0.25, 0.3) is 0 Å². The van der Waals surface area contributed by atoms with Crippen LogP contribution in [-0.2, 0) is 28.4 Å². The summed E-state index contributed by atoms with van der Waals surface area (Å²) in [5.41, 5.74) is 2.73. The predicted molar refractivity (Wildman–Crippen MR) is 69.6 cm³/mol. The Morgan fingerprint density at radius 3 is 2.76 bits per heavy atom. The van der Waals surface area contributed by atoms with Crippen LogP contribution in [0.4, 0.5) is 0 Å². The van der Waals surface area contributed by atoms with Crippen LogP contribution in [0.3, 0.4) is 0 Å². The van der Waals surface area contributed by atoms with Gasteiger partial charge in [0.05, 0.1) is 10.8 Å². The zero-order chi connectivity index (χ0) is 12.4. The molecule has 1 aromatic rings. The smallest absolute Gasteiger partial charge is 0.131 e. The highest BCUT2D eigenvalue weighted by Gasteiger charge is 2.18. The molecule has 17 heavy (non-hydrogen) atoms. The first kappa shape index (κ1) is 12.5. The molecule has 0 saturated carbocycles. The summed E-state index contributed by atoms with van der Waals surface area (Å²) < 4.78 is 12.2. The number of carbonyl (C=O) groups excluding carboxylic acids is 1. The minimum absolute atomic E-state index is 0.0908. The Bertz CT molecular complexity index is 465. The summed E-state index contributed by atoms with van der Waals surface area (Å²) in [6.45, 7) is 3.43. The quantitative estimate of drug-likeness (QED) is 0.823. The van der Waals surface area contributed by atoms with Gasteiger partial charge < -0.3 is 0 Å². The first-order valence-electron chi connectivity index (χ1n) is 6.09. The first-order chi connectivity index (χ1) is 8.08. The molecule has 0 saturated heterocycles. The lowest BCUT2D eigenvalue weighted by atomic mass is 10.1. The van der Waals surface area contributed by atoms with Crippen LogP contribution in [-0.4, -0.2) is 15.2 Å². The molecule has 0 aliphatic heterocycles. The van der Waals surface area contributed by atoms with E-state index in [-0.39, 0.29) is 11.0 Å². The van der Waals surface area contributed by atoms with Gasteiger partial charge in [-0.3, -0.25) is 9.00 Å². The normalized spacial score (nSPS) is 17.5. The molecule has 2 nitrogen and oxygen atoms in total. The van der Waals surface area contributed by atoms with Crippen LogP contribution in [0.2, 0.25) is 0 Å². The summed E-state index contributed by atoms with van der Waals surface area (Å²) in [7, 11) is -1.06. The van der Waals surface area contributed by atoms with Crippen molar-refractivity contribution in [2.75, 3.05) is 0 Å². The Hall–Kier alpha value is -0.960. The number of ketones is 1. The summed E-state index contributed by atoms with van der Waals surface area (Å²) in [6.07, 6.45) is 3.84. The van der Waals surface area contributed by atoms with E-state index in [0.717, 1.165) is 17.7 Å². The number of fused-ring (bicyclic) bond motifs is 1. The van der Waals surface area contributed by atoms with Gasteiger partial charge in [-0.2, -0.15) is 0 Å². The molecule has 92 valence electrons. The van der Waals surface area contributed by atoms with E-state index < -0.39 is 10.8 Å².